The molecule has 0 aliphatic heterocycles. The summed E-state index contributed by atoms with van der Waals surface area (Å²) in [4.78, 5) is 3.52. The molecule has 92 valence electrons. The smallest absolute Gasteiger partial charge is 0.0459 e. The molecule has 0 fully saturated rings. The third kappa shape index (κ3) is 2.09. The molecule has 1 aromatic heterocycles. The first kappa shape index (κ1) is 12.2. The molecule has 0 amide bonds. The molecular formula is C15H22N2. The lowest BCUT2D eigenvalue weighted by Crippen LogP contribution is -2.13. The maximum atomic E-state index is 3.52. The molecule has 0 bridgehead atoms. The molecule has 2 aromatic rings. The zero-order valence-electron chi connectivity index (χ0n) is 11.4. The molecule has 2 rings (SSSR count). The lowest BCUT2D eigenvalue weighted by atomic mass is 10.00. The highest BCUT2D eigenvalue weighted by Crippen LogP contribution is 2.28. The second-order valence-corrected chi connectivity index (χ2v) is 5.13. The fraction of sp³-hybridized carbons (Fsp3) is 0.467. The standard InChI is InChI=1S/C15H22N2/c1-9(2)12-6-7-14-13(8-12)10(3)15(17-14)11(4)16-5/h6-9,11,16-17H,1-5H3. The highest BCUT2D eigenvalue weighted by molar-refractivity contribution is 5.85. The number of benzene rings is 1. The molecule has 0 saturated heterocycles. The van der Waals surface area contributed by atoms with E-state index in [0.717, 1.165) is 0 Å². The topological polar surface area (TPSA) is 27.8 Å². The number of hydrogen-bond acceptors (Lipinski definition) is 1. The maximum Gasteiger partial charge on any atom is 0.0459 e. The van der Waals surface area contributed by atoms with Gasteiger partial charge in [0.2, 0.25) is 0 Å². The lowest BCUT2D eigenvalue weighted by Gasteiger charge is -2.09. The molecule has 0 saturated carbocycles. The van der Waals surface area contributed by atoms with Gasteiger partial charge in [-0.1, -0.05) is 19.9 Å². The van der Waals surface area contributed by atoms with Crippen LogP contribution in [-0.4, -0.2) is 12.0 Å². The van der Waals surface area contributed by atoms with E-state index in [1.54, 1.807) is 0 Å². The highest BCUT2D eigenvalue weighted by atomic mass is 14.9. The summed E-state index contributed by atoms with van der Waals surface area (Å²) in [6.07, 6.45) is 0. The fourth-order valence-electron chi connectivity index (χ4n) is 2.30. The first-order valence-electron chi connectivity index (χ1n) is 6.34. The van der Waals surface area contributed by atoms with Gasteiger partial charge >= 0.3 is 0 Å². The van der Waals surface area contributed by atoms with Crippen molar-refractivity contribution in [2.45, 2.75) is 39.7 Å². The Morgan fingerprint density at radius 3 is 2.47 bits per heavy atom. The number of aryl methyl sites for hydroxylation is 1. The predicted molar refractivity (Wildman–Crippen MR) is 74.6 cm³/mol. The number of fused-ring (bicyclic) bond motifs is 1. The molecule has 1 heterocycles. The van der Waals surface area contributed by atoms with Gasteiger partial charge in [-0.3, -0.25) is 0 Å². The Kier molecular flexibility index (Phi) is 3.25. The second-order valence-electron chi connectivity index (χ2n) is 5.13. The van der Waals surface area contributed by atoms with Crippen LogP contribution in [-0.2, 0) is 0 Å². The van der Waals surface area contributed by atoms with Gasteiger partial charge in [-0.15, -0.1) is 0 Å². The molecule has 2 N–H and O–H groups in total. The monoisotopic (exact) mass is 230 g/mol. The van der Waals surface area contributed by atoms with Gasteiger partial charge in [0.25, 0.3) is 0 Å². The summed E-state index contributed by atoms with van der Waals surface area (Å²) in [5.74, 6) is 0.582. The van der Waals surface area contributed by atoms with Crippen LogP contribution in [0.2, 0.25) is 0 Å². The zero-order valence-corrected chi connectivity index (χ0v) is 11.4. The summed E-state index contributed by atoms with van der Waals surface area (Å²) in [7, 11) is 2.00. The zero-order chi connectivity index (χ0) is 12.6. The van der Waals surface area contributed by atoms with Gasteiger partial charge in [0.15, 0.2) is 0 Å². The van der Waals surface area contributed by atoms with Crippen molar-refractivity contribution in [1.29, 1.82) is 0 Å². The van der Waals surface area contributed by atoms with Crippen LogP contribution < -0.4 is 5.32 Å². The van der Waals surface area contributed by atoms with Gasteiger partial charge in [-0.05, 0) is 50.1 Å². The van der Waals surface area contributed by atoms with Crippen molar-refractivity contribution >= 4 is 10.9 Å². The molecule has 2 heteroatoms. The summed E-state index contributed by atoms with van der Waals surface area (Å²) in [5, 5.41) is 4.64. The van der Waals surface area contributed by atoms with E-state index in [2.05, 4.69) is 56.2 Å². The third-order valence-corrected chi connectivity index (χ3v) is 3.65. The van der Waals surface area contributed by atoms with Gasteiger partial charge in [-0.25, -0.2) is 0 Å². The molecule has 0 aliphatic carbocycles. The number of aromatic amines is 1. The van der Waals surface area contributed by atoms with Crippen molar-refractivity contribution in [3.63, 3.8) is 0 Å². The molecule has 0 aliphatic rings. The van der Waals surface area contributed by atoms with Crippen LogP contribution >= 0.6 is 0 Å². The number of H-pyrrole nitrogens is 1. The predicted octanol–water partition coefficient (Wildman–Crippen LogP) is 3.88. The summed E-state index contributed by atoms with van der Waals surface area (Å²) >= 11 is 0. The van der Waals surface area contributed by atoms with E-state index in [1.165, 1.54) is 27.7 Å². The van der Waals surface area contributed by atoms with E-state index in [0.29, 0.717) is 12.0 Å². The molecule has 0 radical (unpaired) electrons. The van der Waals surface area contributed by atoms with Crippen molar-refractivity contribution in [1.82, 2.24) is 10.3 Å². The Hall–Kier alpha value is -1.28. The van der Waals surface area contributed by atoms with Crippen LogP contribution in [0.1, 0.15) is 49.6 Å². The maximum absolute atomic E-state index is 3.52. The molecule has 1 aromatic carbocycles. The Bertz CT molecular complexity index is 523. The minimum absolute atomic E-state index is 0.366. The average Bonchev–Trinajstić information content (AvgIpc) is 2.65. The Balaban J connectivity index is 2.58. The van der Waals surface area contributed by atoms with Crippen LogP contribution in [0.15, 0.2) is 18.2 Å². The van der Waals surface area contributed by atoms with E-state index in [1.807, 2.05) is 7.05 Å². The van der Waals surface area contributed by atoms with Gasteiger partial charge in [0, 0.05) is 22.6 Å². The summed E-state index contributed by atoms with van der Waals surface area (Å²) in [6, 6.07) is 7.10. The Morgan fingerprint density at radius 2 is 1.88 bits per heavy atom. The third-order valence-electron chi connectivity index (χ3n) is 3.65. The lowest BCUT2D eigenvalue weighted by molar-refractivity contribution is 0.634. The highest BCUT2D eigenvalue weighted by Gasteiger charge is 2.13. The molecule has 17 heavy (non-hydrogen) atoms. The number of hydrogen-bond donors (Lipinski definition) is 2. The normalized spacial score (nSPS) is 13.5. The molecule has 1 unspecified atom stereocenters. The molecule has 0 spiro atoms. The second kappa shape index (κ2) is 4.53. The summed E-state index contributed by atoms with van der Waals surface area (Å²) in [5.41, 5.74) is 5.31. The van der Waals surface area contributed by atoms with Crippen molar-refractivity contribution in [3.05, 3.63) is 35.0 Å². The largest absolute Gasteiger partial charge is 0.357 e. The van der Waals surface area contributed by atoms with Crippen LogP contribution in [0, 0.1) is 6.92 Å². The van der Waals surface area contributed by atoms with Gasteiger partial charge in [0.05, 0.1) is 0 Å². The first-order chi connectivity index (χ1) is 8.04. The minimum atomic E-state index is 0.366. The first-order valence-corrected chi connectivity index (χ1v) is 6.34. The molecule has 1 atom stereocenters. The van der Waals surface area contributed by atoms with E-state index in [4.69, 9.17) is 0 Å². The van der Waals surface area contributed by atoms with E-state index >= 15 is 0 Å². The Morgan fingerprint density at radius 1 is 1.18 bits per heavy atom. The van der Waals surface area contributed by atoms with Crippen LogP contribution in [0.3, 0.4) is 0 Å². The summed E-state index contributed by atoms with van der Waals surface area (Å²) < 4.78 is 0. The quantitative estimate of drug-likeness (QED) is 0.822. The van der Waals surface area contributed by atoms with Gasteiger partial charge in [0.1, 0.15) is 0 Å². The fourth-order valence-corrected chi connectivity index (χ4v) is 2.30. The van der Waals surface area contributed by atoms with Crippen molar-refractivity contribution < 1.29 is 0 Å². The van der Waals surface area contributed by atoms with Crippen molar-refractivity contribution in [3.8, 4) is 0 Å². The minimum Gasteiger partial charge on any atom is -0.357 e. The SMILES string of the molecule is CNC(C)c1[nH]c2ccc(C(C)C)cc2c1C. The van der Waals surface area contributed by atoms with Crippen LogP contribution in [0.5, 0.6) is 0 Å². The average molecular weight is 230 g/mol. The summed E-state index contributed by atoms with van der Waals surface area (Å²) in [6.45, 7) is 8.85. The van der Waals surface area contributed by atoms with E-state index < -0.39 is 0 Å². The van der Waals surface area contributed by atoms with E-state index in [9.17, 15) is 0 Å². The van der Waals surface area contributed by atoms with Crippen molar-refractivity contribution in [2.75, 3.05) is 7.05 Å². The Labute approximate surface area is 103 Å². The van der Waals surface area contributed by atoms with E-state index in [-0.39, 0.29) is 0 Å². The van der Waals surface area contributed by atoms with Crippen LogP contribution in [0.25, 0.3) is 10.9 Å². The molecule has 2 nitrogen and oxygen atoms in total. The number of nitrogens with one attached hydrogen (secondary N) is 2. The van der Waals surface area contributed by atoms with Gasteiger partial charge in [-0.2, -0.15) is 0 Å². The van der Waals surface area contributed by atoms with Gasteiger partial charge < -0.3 is 10.3 Å². The van der Waals surface area contributed by atoms with Crippen LogP contribution in [0.4, 0.5) is 0 Å². The number of aromatic nitrogens is 1. The number of rotatable bonds is 3. The molecular weight excluding hydrogens is 208 g/mol. The van der Waals surface area contributed by atoms with Crippen molar-refractivity contribution in [2.24, 2.45) is 0 Å².